The van der Waals surface area contributed by atoms with Crippen LogP contribution in [0, 0.1) is 0 Å². The van der Waals surface area contributed by atoms with Gasteiger partial charge < -0.3 is 15.2 Å². The van der Waals surface area contributed by atoms with Gasteiger partial charge in [-0.2, -0.15) is 0 Å². The molecule has 156 valence electrons. The number of nitrogen functional groups attached to an aromatic ring is 1. The van der Waals surface area contributed by atoms with Crippen LogP contribution < -0.4 is 11.1 Å². The SMILES string of the molecule is COC(=O)Nc1cc(-c2sc(-c3ncn(C4CCCCO4)n3)c(C=O)c2N)ccn1. The summed E-state index contributed by atoms with van der Waals surface area (Å²) in [4.78, 5) is 32.9. The molecule has 1 unspecified atom stereocenters. The summed E-state index contributed by atoms with van der Waals surface area (Å²) in [7, 11) is 1.27. The van der Waals surface area contributed by atoms with E-state index < -0.39 is 6.09 Å². The number of hydrogen-bond donors (Lipinski definition) is 2. The van der Waals surface area contributed by atoms with Crippen molar-refractivity contribution < 1.29 is 19.1 Å². The first kappa shape index (κ1) is 20.0. The molecule has 0 radical (unpaired) electrons. The molecule has 10 nitrogen and oxygen atoms in total. The first-order valence-electron chi connectivity index (χ1n) is 9.32. The Morgan fingerprint density at radius 1 is 1.40 bits per heavy atom. The summed E-state index contributed by atoms with van der Waals surface area (Å²) in [5, 5.41) is 7.03. The highest BCUT2D eigenvalue weighted by Gasteiger charge is 2.23. The lowest BCUT2D eigenvalue weighted by Crippen LogP contribution is -2.18. The van der Waals surface area contributed by atoms with Gasteiger partial charge in [0.15, 0.2) is 18.3 Å². The molecular formula is C19H20N6O4S. The first-order valence-corrected chi connectivity index (χ1v) is 10.1. The largest absolute Gasteiger partial charge is 0.453 e. The van der Waals surface area contributed by atoms with Crippen LogP contribution in [-0.4, -0.2) is 45.8 Å². The zero-order valence-corrected chi connectivity index (χ0v) is 17.0. The third kappa shape index (κ3) is 3.89. The summed E-state index contributed by atoms with van der Waals surface area (Å²) in [6.45, 7) is 0.694. The van der Waals surface area contributed by atoms with Crippen molar-refractivity contribution in [1.29, 1.82) is 0 Å². The highest BCUT2D eigenvalue weighted by Crippen LogP contribution is 2.42. The van der Waals surface area contributed by atoms with E-state index >= 15 is 0 Å². The lowest BCUT2D eigenvalue weighted by molar-refractivity contribution is -0.0395. The van der Waals surface area contributed by atoms with Crippen LogP contribution in [0.5, 0.6) is 0 Å². The summed E-state index contributed by atoms with van der Waals surface area (Å²) in [6, 6.07) is 3.39. The number of pyridine rings is 1. The molecule has 4 rings (SSSR count). The molecule has 3 aromatic rings. The highest BCUT2D eigenvalue weighted by molar-refractivity contribution is 7.20. The number of carbonyl (C=O) groups excluding carboxylic acids is 2. The summed E-state index contributed by atoms with van der Waals surface area (Å²) in [5.41, 5.74) is 7.62. The normalized spacial score (nSPS) is 16.2. The van der Waals surface area contributed by atoms with Crippen LogP contribution in [0.4, 0.5) is 16.3 Å². The maximum atomic E-state index is 11.8. The number of rotatable bonds is 5. The minimum atomic E-state index is -0.632. The molecule has 1 atom stereocenters. The van der Waals surface area contributed by atoms with E-state index in [0.717, 1.165) is 19.3 Å². The molecule has 1 aliphatic heterocycles. The van der Waals surface area contributed by atoms with E-state index in [-0.39, 0.29) is 6.23 Å². The Morgan fingerprint density at radius 3 is 3.00 bits per heavy atom. The van der Waals surface area contributed by atoms with Crippen molar-refractivity contribution in [2.24, 2.45) is 0 Å². The summed E-state index contributed by atoms with van der Waals surface area (Å²) < 4.78 is 12.0. The molecule has 0 aliphatic carbocycles. The first-order chi connectivity index (χ1) is 14.6. The lowest BCUT2D eigenvalue weighted by atomic mass is 10.1. The van der Waals surface area contributed by atoms with Crippen LogP contribution in [0.3, 0.4) is 0 Å². The number of methoxy groups -OCH3 is 1. The van der Waals surface area contributed by atoms with E-state index in [0.29, 0.717) is 51.1 Å². The maximum absolute atomic E-state index is 11.8. The Kier molecular flexibility index (Phi) is 5.72. The second-order valence-corrected chi connectivity index (χ2v) is 7.64. The number of nitrogens with two attached hydrogens (primary N) is 1. The second kappa shape index (κ2) is 8.59. The van der Waals surface area contributed by atoms with Gasteiger partial charge in [0, 0.05) is 12.8 Å². The molecule has 4 heterocycles. The van der Waals surface area contributed by atoms with Gasteiger partial charge in [-0.15, -0.1) is 16.4 Å². The number of aldehydes is 1. The number of nitrogens with zero attached hydrogens (tertiary/aromatic N) is 4. The zero-order valence-electron chi connectivity index (χ0n) is 16.2. The van der Waals surface area contributed by atoms with Crippen LogP contribution >= 0.6 is 11.3 Å². The van der Waals surface area contributed by atoms with Crippen LogP contribution in [-0.2, 0) is 9.47 Å². The van der Waals surface area contributed by atoms with Crippen LogP contribution in [0.1, 0.15) is 35.8 Å². The molecule has 1 amide bonds. The Labute approximate surface area is 176 Å². The van der Waals surface area contributed by atoms with Crippen molar-refractivity contribution in [2.45, 2.75) is 25.5 Å². The molecule has 1 aliphatic rings. The Bertz CT molecular complexity index is 1070. The number of anilines is 2. The second-order valence-electron chi connectivity index (χ2n) is 6.62. The van der Waals surface area contributed by atoms with Crippen molar-refractivity contribution in [2.75, 3.05) is 24.8 Å². The van der Waals surface area contributed by atoms with Gasteiger partial charge in [0.05, 0.1) is 28.1 Å². The summed E-state index contributed by atoms with van der Waals surface area (Å²) in [6.07, 6.45) is 6.05. The molecule has 11 heteroatoms. The van der Waals surface area contributed by atoms with E-state index in [1.54, 1.807) is 23.1 Å². The average Bonchev–Trinajstić information content (AvgIpc) is 3.39. The number of hydrogen-bond acceptors (Lipinski definition) is 9. The summed E-state index contributed by atoms with van der Waals surface area (Å²) in [5.74, 6) is 0.717. The Morgan fingerprint density at radius 2 is 2.27 bits per heavy atom. The fraction of sp³-hybridized carbons (Fsp3) is 0.316. The van der Waals surface area contributed by atoms with Crippen molar-refractivity contribution >= 4 is 35.2 Å². The molecule has 1 saturated heterocycles. The Balaban J connectivity index is 1.68. The van der Waals surface area contributed by atoms with E-state index in [1.807, 2.05) is 0 Å². The minimum absolute atomic E-state index is 0.149. The molecule has 3 N–H and O–H groups in total. The lowest BCUT2D eigenvalue weighted by Gasteiger charge is -2.21. The van der Waals surface area contributed by atoms with E-state index in [4.69, 9.17) is 10.5 Å². The van der Waals surface area contributed by atoms with Crippen LogP contribution in [0.2, 0.25) is 0 Å². The molecule has 0 spiro atoms. The Hall–Kier alpha value is -3.31. The van der Waals surface area contributed by atoms with Crippen molar-refractivity contribution in [3.05, 3.63) is 30.2 Å². The minimum Gasteiger partial charge on any atom is -0.453 e. The molecule has 0 bridgehead atoms. The maximum Gasteiger partial charge on any atom is 0.412 e. The standard InChI is InChI=1S/C19H20N6O4S/c1-28-19(27)23-13-8-11(5-6-21-13)16-15(20)12(9-26)17(30-16)18-22-10-25(24-18)14-4-2-3-7-29-14/h5-6,8-10,14H,2-4,7,20H2,1H3,(H,21,23,27). The van der Waals surface area contributed by atoms with Gasteiger partial charge in [-0.3, -0.25) is 10.1 Å². The number of thiophene rings is 1. The molecule has 30 heavy (non-hydrogen) atoms. The van der Waals surface area contributed by atoms with Gasteiger partial charge in [0.1, 0.15) is 12.1 Å². The fourth-order valence-electron chi connectivity index (χ4n) is 3.20. The predicted molar refractivity (Wildman–Crippen MR) is 111 cm³/mol. The number of amides is 1. The van der Waals surface area contributed by atoms with Crippen molar-refractivity contribution in [3.8, 4) is 21.1 Å². The molecular weight excluding hydrogens is 408 g/mol. The van der Waals surface area contributed by atoms with Crippen LogP contribution in [0.25, 0.3) is 21.1 Å². The average molecular weight is 428 g/mol. The third-order valence-corrected chi connectivity index (χ3v) is 5.97. The predicted octanol–water partition coefficient (Wildman–Crippen LogP) is 3.34. The van der Waals surface area contributed by atoms with E-state index in [9.17, 15) is 9.59 Å². The smallest absolute Gasteiger partial charge is 0.412 e. The number of aromatic nitrogens is 4. The number of nitrogens with one attached hydrogen (secondary N) is 1. The third-order valence-electron chi connectivity index (χ3n) is 4.70. The van der Waals surface area contributed by atoms with E-state index in [1.165, 1.54) is 24.6 Å². The van der Waals surface area contributed by atoms with Gasteiger partial charge >= 0.3 is 6.09 Å². The highest BCUT2D eigenvalue weighted by atomic mass is 32.1. The van der Waals surface area contributed by atoms with Gasteiger partial charge in [0.25, 0.3) is 0 Å². The van der Waals surface area contributed by atoms with Crippen molar-refractivity contribution in [1.82, 2.24) is 19.7 Å². The van der Waals surface area contributed by atoms with E-state index in [2.05, 4.69) is 25.1 Å². The van der Waals surface area contributed by atoms with Crippen molar-refractivity contribution in [3.63, 3.8) is 0 Å². The fourth-order valence-corrected chi connectivity index (χ4v) is 4.32. The quantitative estimate of drug-likeness (QED) is 0.591. The molecule has 0 saturated carbocycles. The number of ether oxygens (including phenoxy) is 2. The number of carbonyl (C=O) groups is 2. The monoisotopic (exact) mass is 428 g/mol. The van der Waals surface area contributed by atoms with Gasteiger partial charge in [-0.05, 0) is 37.0 Å². The zero-order chi connectivity index (χ0) is 21.1. The van der Waals surface area contributed by atoms with Gasteiger partial charge in [0.2, 0.25) is 0 Å². The summed E-state index contributed by atoms with van der Waals surface area (Å²) >= 11 is 1.30. The molecule has 0 aromatic carbocycles. The van der Waals surface area contributed by atoms with Gasteiger partial charge in [-0.25, -0.2) is 19.4 Å². The molecule has 3 aromatic heterocycles. The topological polar surface area (TPSA) is 134 Å². The van der Waals surface area contributed by atoms with Gasteiger partial charge in [-0.1, -0.05) is 0 Å². The van der Waals surface area contributed by atoms with Crippen LogP contribution in [0.15, 0.2) is 24.7 Å². The molecule has 1 fully saturated rings.